The van der Waals surface area contributed by atoms with Crippen molar-refractivity contribution in [1.82, 2.24) is 10.5 Å². The number of aryl methyl sites for hydroxylation is 1. The zero-order chi connectivity index (χ0) is 7.40. The molecule has 1 aromatic rings. The third-order valence-corrected chi connectivity index (χ3v) is 1.30. The van der Waals surface area contributed by atoms with Crippen LogP contribution in [0.3, 0.4) is 0 Å². The number of likely N-dealkylation sites (N-methyl/N-ethyl adjacent to an activating group) is 1. The Morgan fingerprint density at radius 1 is 1.80 bits per heavy atom. The van der Waals surface area contributed by atoms with Gasteiger partial charge in [-0.2, -0.15) is 0 Å². The lowest BCUT2D eigenvalue weighted by Gasteiger charge is -1.91. The Hall–Kier alpha value is -0.830. The molecule has 0 spiro atoms. The van der Waals surface area contributed by atoms with Gasteiger partial charge in [-0.1, -0.05) is 5.16 Å². The fourth-order valence-electron chi connectivity index (χ4n) is 0.782. The summed E-state index contributed by atoms with van der Waals surface area (Å²) in [7, 11) is 1.92. The first-order valence-corrected chi connectivity index (χ1v) is 3.39. The number of rotatable bonds is 3. The van der Waals surface area contributed by atoms with E-state index >= 15 is 0 Å². The molecule has 1 N–H and O–H groups in total. The van der Waals surface area contributed by atoms with Gasteiger partial charge in [0, 0.05) is 20.5 Å². The highest BCUT2D eigenvalue weighted by Gasteiger charge is 1.97. The smallest absolute Gasteiger partial charge is 0.138 e. The SMILES string of the molecule is CNCCc1cc(C)no1.[HH]. The summed E-state index contributed by atoms with van der Waals surface area (Å²) in [5.41, 5.74) is 0.950. The van der Waals surface area contributed by atoms with E-state index in [4.69, 9.17) is 4.52 Å². The first-order chi connectivity index (χ1) is 4.83. The van der Waals surface area contributed by atoms with Crippen molar-refractivity contribution < 1.29 is 5.95 Å². The zero-order valence-corrected chi connectivity index (χ0v) is 6.35. The Balaban J connectivity index is 0.000001000. The minimum absolute atomic E-state index is 0. The lowest BCUT2D eigenvalue weighted by atomic mass is 10.3. The standard InChI is InChI=1S/C7H12N2O.H2/c1-6-5-7(10-9-6)3-4-8-2;/h5,8H,3-4H2,1-2H3;1H. The van der Waals surface area contributed by atoms with Crippen LogP contribution in [-0.4, -0.2) is 18.7 Å². The molecule has 0 radical (unpaired) electrons. The molecule has 1 rings (SSSR count). The Morgan fingerprint density at radius 3 is 3.10 bits per heavy atom. The second-order valence-electron chi connectivity index (χ2n) is 2.29. The maximum Gasteiger partial charge on any atom is 0.138 e. The van der Waals surface area contributed by atoms with E-state index in [1.165, 1.54) is 0 Å². The van der Waals surface area contributed by atoms with E-state index in [9.17, 15) is 0 Å². The lowest BCUT2D eigenvalue weighted by molar-refractivity contribution is 0.378. The topological polar surface area (TPSA) is 38.1 Å². The molecule has 0 fully saturated rings. The first-order valence-electron chi connectivity index (χ1n) is 3.39. The highest BCUT2D eigenvalue weighted by Crippen LogP contribution is 2.01. The zero-order valence-electron chi connectivity index (χ0n) is 6.35. The number of aromatic nitrogens is 1. The molecule has 1 aromatic heterocycles. The molecule has 58 valence electrons. The highest BCUT2D eigenvalue weighted by molar-refractivity contribution is 5.03. The number of hydrogen-bond acceptors (Lipinski definition) is 3. The van der Waals surface area contributed by atoms with Gasteiger partial charge in [0.15, 0.2) is 0 Å². The van der Waals surface area contributed by atoms with E-state index in [1.807, 2.05) is 20.0 Å². The number of hydrogen-bond donors (Lipinski definition) is 1. The fraction of sp³-hybridized carbons (Fsp3) is 0.571. The van der Waals surface area contributed by atoms with Crippen molar-refractivity contribution in [2.24, 2.45) is 0 Å². The van der Waals surface area contributed by atoms with Crippen LogP contribution in [0.15, 0.2) is 10.6 Å². The molecule has 0 aromatic carbocycles. The Morgan fingerprint density at radius 2 is 2.60 bits per heavy atom. The van der Waals surface area contributed by atoms with Crippen molar-refractivity contribution in [3.63, 3.8) is 0 Å². The van der Waals surface area contributed by atoms with Crippen LogP contribution in [0.5, 0.6) is 0 Å². The summed E-state index contributed by atoms with van der Waals surface area (Å²) in [6.45, 7) is 2.86. The number of nitrogens with zero attached hydrogens (tertiary/aromatic N) is 1. The van der Waals surface area contributed by atoms with Crippen molar-refractivity contribution >= 4 is 0 Å². The summed E-state index contributed by atoms with van der Waals surface area (Å²) < 4.78 is 4.98. The molecule has 0 bridgehead atoms. The minimum Gasteiger partial charge on any atom is -0.361 e. The van der Waals surface area contributed by atoms with E-state index in [0.717, 1.165) is 24.4 Å². The van der Waals surface area contributed by atoms with Gasteiger partial charge in [0.2, 0.25) is 0 Å². The number of nitrogens with one attached hydrogen (secondary N) is 1. The molecule has 0 aliphatic heterocycles. The lowest BCUT2D eigenvalue weighted by Crippen LogP contribution is -2.09. The van der Waals surface area contributed by atoms with Gasteiger partial charge in [-0.25, -0.2) is 0 Å². The average Bonchev–Trinajstić information content (AvgIpc) is 2.31. The summed E-state index contributed by atoms with van der Waals surface area (Å²) in [6.07, 6.45) is 0.914. The van der Waals surface area contributed by atoms with Crippen molar-refractivity contribution in [3.05, 3.63) is 17.5 Å². The van der Waals surface area contributed by atoms with Gasteiger partial charge in [-0.15, -0.1) is 0 Å². The third-order valence-electron chi connectivity index (χ3n) is 1.30. The monoisotopic (exact) mass is 142 g/mol. The van der Waals surface area contributed by atoms with Crippen LogP contribution in [0.4, 0.5) is 0 Å². The van der Waals surface area contributed by atoms with Crippen molar-refractivity contribution in [2.75, 3.05) is 13.6 Å². The van der Waals surface area contributed by atoms with Crippen LogP contribution in [0.1, 0.15) is 12.9 Å². The van der Waals surface area contributed by atoms with Gasteiger partial charge in [-0.05, 0) is 14.0 Å². The maximum absolute atomic E-state index is 4.98. The molecular weight excluding hydrogens is 128 g/mol. The summed E-state index contributed by atoms with van der Waals surface area (Å²) in [4.78, 5) is 0. The molecule has 0 aliphatic rings. The minimum atomic E-state index is 0. The molecule has 0 unspecified atom stereocenters. The van der Waals surface area contributed by atoms with Crippen LogP contribution in [-0.2, 0) is 6.42 Å². The predicted molar refractivity (Wildman–Crippen MR) is 41.0 cm³/mol. The van der Waals surface area contributed by atoms with Gasteiger partial charge in [-0.3, -0.25) is 0 Å². The molecule has 0 saturated carbocycles. The van der Waals surface area contributed by atoms with Gasteiger partial charge in [0.1, 0.15) is 5.76 Å². The quantitative estimate of drug-likeness (QED) is 0.684. The molecule has 1 heterocycles. The largest absolute Gasteiger partial charge is 0.361 e. The van der Waals surface area contributed by atoms with Gasteiger partial charge in [0.05, 0.1) is 5.69 Å². The van der Waals surface area contributed by atoms with Crippen molar-refractivity contribution in [1.29, 1.82) is 0 Å². The van der Waals surface area contributed by atoms with E-state index in [2.05, 4.69) is 10.5 Å². The first kappa shape index (κ1) is 7.28. The van der Waals surface area contributed by atoms with Crippen LogP contribution >= 0.6 is 0 Å². The third kappa shape index (κ3) is 1.84. The molecule has 0 amide bonds. The maximum atomic E-state index is 4.98. The fourth-order valence-corrected chi connectivity index (χ4v) is 0.782. The summed E-state index contributed by atoms with van der Waals surface area (Å²) in [5, 5.41) is 6.80. The van der Waals surface area contributed by atoms with Crippen molar-refractivity contribution in [2.45, 2.75) is 13.3 Å². The van der Waals surface area contributed by atoms with Crippen LogP contribution < -0.4 is 5.32 Å². The van der Waals surface area contributed by atoms with E-state index < -0.39 is 0 Å². The molecule has 0 aliphatic carbocycles. The second kappa shape index (κ2) is 3.37. The second-order valence-corrected chi connectivity index (χ2v) is 2.29. The molecule has 3 nitrogen and oxygen atoms in total. The molecule has 3 heteroatoms. The predicted octanol–water partition coefficient (Wildman–Crippen LogP) is 0.991. The Labute approximate surface area is 61.9 Å². The van der Waals surface area contributed by atoms with Gasteiger partial charge < -0.3 is 9.84 Å². The van der Waals surface area contributed by atoms with Gasteiger partial charge in [0.25, 0.3) is 0 Å². The van der Waals surface area contributed by atoms with Crippen molar-refractivity contribution in [3.8, 4) is 0 Å². The average molecular weight is 142 g/mol. The molecule has 0 saturated heterocycles. The molecule has 10 heavy (non-hydrogen) atoms. The summed E-state index contributed by atoms with van der Waals surface area (Å²) in [5.74, 6) is 0.951. The highest BCUT2D eigenvalue weighted by atomic mass is 16.5. The van der Waals surface area contributed by atoms with E-state index in [0.29, 0.717) is 0 Å². The summed E-state index contributed by atoms with van der Waals surface area (Å²) in [6, 6.07) is 1.96. The van der Waals surface area contributed by atoms with Gasteiger partial charge >= 0.3 is 0 Å². The normalized spacial score (nSPS) is 10.2. The van der Waals surface area contributed by atoms with Crippen LogP contribution in [0.2, 0.25) is 0 Å². The van der Waals surface area contributed by atoms with E-state index in [-0.39, 0.29) is 1.43 Å². The van der Waals surface area contributed by atoms with Crippen LogP contribution in [0, 0.1) is 6.92 Å². The molecular formula is C7H14N2O. The Kier molecular flexibility index (Phi) is 2.45. The van der Waals surface area contributed by atoms with E-state index in [1.54, 1.807) is 0 Å². The molecule has 0 atom stereocenters. The summed E-state index contributed by atoms with van der Waals surface area (Å²) >= 11 is 0. The van der Waals surface area contributed by atoms with Crippen LogP contribution in [0.25, 0.3) is 0 Å². The Bertz CT molecular complexity index is 200.